The number of methoxy groups -OCH3 is 1. The number of benzene rings is 1. The molecule has 0 aliphatic rings. The molecule has 0 amide bonds. The van der Waals surface area contributed by atoms with Crippen molar-refractivity contribution in [2.75, 3.05) is 40.5 Å². The van der Waals surface area contributed by atoms with Gasteiger partial charge >= 0.3 is 6.18 Å². The van der Waals surface area contributed by atoms with Crippen molar-refractivity contribution < 1.29 is 27.8 Å². The summed E-state index contributed by atoms with van der Waals surface area (Å²) in [6.07, 6.45) is -5.09. The molecule has 0 heterocycles. The van der Waals surface area contributed by atoms with Gasteiger partial charge in [-0.2, -0.15) is 13.2 Å². The van der Waals surface area contributed by atoms with Crippen LogP contribution in [0.25, 0.3) is 0 Å². The van der Waals surface area contributed by atoms with E-state index in [1.54, 1.807) is 7.11 Å². The van der Waals surface area contributed by atoms with Crippen LogP contribution in [0, 0.1) is 0 Å². The summed E-state index contributed by atoms with van der Waals surface area (Å²) < 4.78 is 47.3. The van der Waals surface area contributed by atoms with Crippen LogP contribution in [0.4, 0.5) is 13.2 Å². The Labute approximate surface area is 122 Å². The molecule has 4 nitrogen and oxygen atoms in total. The summed E-state index contributed by atoms with van der Waals surface area (Å²) in [7, 11) is 3.43. The zero-order valence-corrected chi connectivity index (χ0v) is 12.1. The van der Waals surface area contributed by atoms with E-state index in [0.717, 1.165) is 12.1 Å². The molecule has 7 heteroatoms. The zero-order chi connectivity index (χ0) is 15.9. The van der Waals surface area contributed by atoms with Gasteiger partial charge in [-0.25, -0.2) is 0 Å². The van der Waals surface area contributed by atoms with Gasteiger partial charge in [-0.05, 0) is 31.3 Å². The maximum Gasteiger partial charge on any atom is 0.416 e. The first-order chi connectivity index (χ1) is 9.82. The van der Waals surface area contributed by atoms with Crippen LogP contribution in [0.5, 0.6) is 5.75 Å². The van der Waals surface area contributed by atoms with Gasteiger partial charge in [0, 0.05) is 20.2 Å². The molecule has 1 aromatic carbocycles. The van der Waals surface area contributed by atoms with Gasteiger partial charge in [0.15, 0.2) is 0 Å². The van der Waals surface area contributed by atoms with Gasteiger partial charge < -0.3 is 19.5 Å². The SMILES string of the molecule is COCCN(C)C[C@H](O)COc1ccc(C(F)(F)F)cc1. The van der Waals surface area contributed by atoms with Crippen molar-refractivity contribution in [3.8, 4) is 5.75 Å². The van der Waals surface area contributed by atoms with E-state index in [9.17, 15) is 18.3 Å². The van der Waals surface area contributed by atoms with E-state index in [4.69, 9.17) is 9.47 Å². The number of rotatable bonds is 8. The fraction of sp³-hybridized carbons (Fsp3) is 0.571. The lowest BCUT2D eigenvalue weighted by Gasteiger charge is -2.20. The molecule has 120 valence electrons. The number of ether oxygens (including phenoxy) is 2. The summed E-state index contributed by atoms with van der Waals surface area (Å²) >= 11 is 0. The number of hydrogen-bond donors (Lipinski definition) is 1. The number of nitrogens with zero attached hydrogens (tertiary/aromatic N) is 1. The normalized spacial score (nSPS) is 13.5. The van der Waals surface area contributed by atoms with Gasteiger partial charge in [0.1, 0.15) is 18.5 Å². The van der Waals surface area contributed by atoms with Crippen LogP contribution in [-0.4, -0.2) is 56.6 Å². The van der Waals surface area contributed by atoms with Gasteiger partial charge in [-0.3, -0.25) is 0 Å². The van der Waals surface area contributed by atoms with Crippen LogP contribution in [-0.2, 0) is 10.9 Å². The van der Waals surface area contributed by atoms with Crippen molar-refractivity contribution in [1.29, 1.82) is 0 Å². The lowest BCUT2D eigenvalue weighted by Crippen LogP contribution is -2.34. The molecule has 1 rings (SSSR count). The highest BCUT2D eigenvalue weighted by Gasteiger charge is 2.30. The first-order valence-electron chi connectivity index (χ1n) is 6.48. The fourth-order valence-corrected chi connectivity index (χ4v) is 1.68. The van der Waals surface area contributed by atoms with Crippen molar-refractivity contribution in [2.45, 2.75) is 12.3 Å². The monoisotopic (exact) mass is 307 g/mol. The number of alkyl halides is 3. The van der Waals surface area contributed by atoms with Crippen LogP contribution in [0.3, 0.4) is 0 Å². The molecule has 0 spiro atoms. The lowest BCUT2D eigenvalue weighted by atomic mass is 10.2. The van der Waals surface area contributed by atoms with Crippen LogP contribution >= 0.6 is 0 Å². The molecule has 0 aromatic heterocycles. The second-order valence-electron chi connectivity index (χ2n) is 4.74. The van der Waals surface area contributed by atoms with Crippen LogP contribution in [0.1, 0.15) is 5.56 Å². The first kappa shape index (κ1) is 17.7. The Morgan fingerprint density at radius 3 is 2.38 bits per heavy atom. The topological polar surface area (TPSA) is 41.9 Å². The third kappa shape index (κ3) is 6.79. The van der Waals surface area contributed by atoms with E-state index in [2.05, 4.69) is 0 Å². The van der Waals surface area contributed by atoms with Gasteiger partial charge in [-0.15, -0.1) is 0 Å². The van der Waals surface area contributed by atoms with E-state index >= 15 is 0 Å². The molecule has 1 atom stereocenters. The smallest absolute Gasteiger partial charge is 0.416 e. The number of halogens is 3. The molecule has 1 N–H and O–H groups in total. The van der Waals surface area contributed by atoms with E-state index in [1.165, 1.54) is 12.1 Å². The second kappa shape index (κ2) is 8.21. The molecule has 0 saturated heterocycles. The maximum atomic E-state index is 12.4. The van der Waals surface area contributed by atoms with Gasteiger partial charge in [0.05, 0.1) is 12.2 Å². The largest absolute Gasteiger partial charge is 0.491 e. The highest BCUT2D eigenvalue weighted by molar-refractivity contribution is 5.28. The Bertz CT molecular complexity index is 409. The van der Waals surface area contributed by atoms with Gasteiger partial charge in [0.25, 0.3) is 0 Å². The Kier molecular flexibility index (Phi) is 6.94. The van der Waals surface area contributed by atoms with Crippen molar-refractivity contribution in [3.05, 3.63) is 29.8 Å². The standard InChI is InChI=1S/C14H20F3NO3/c1-18(7-8-20-2)9-12(19)10-21-13-5-3-11(4-6-13)14(15,16)17/h3-6,12,19H,7-10H2,1-2H3/t12-/m0/s1. The van der Waals surface area contributed by atoms with Gasteiger partial charge in [-0.1, -0.05) is 0 Å². The molecule has 0 saturated carbocycles. The average molecular weight is 307 g/mol. The Hall–Kier alpha value is -1.31. The zero-order valence-electron chi connectivity index (χ0n) is 12.1. The highest BCUT2D eigenvalue weighted by Crippen LogP contribution is 2.30. The molecule has 0 fully saturated rings. The number of aliphatic hydroxyl groups excluding tert-OH is 1. The molecule has 0 aliphatic carbocycles. The summed E-state index contributed by atoms with van der Waals surface area (Å²) in [6, 6.07) is 4.38. The van der Waals surface area contributed by atoms with E-state index in [1.807, 2.05) is 11.9 Å². The first-order valence-corrected chi connectivity index (χ1v) is 6.48. The predicted octanol–water partition coefficient (Wildman–Crippen LogP) is 2.02. The number of aliphatic hydroxyl groups is 1. The van der Waals surface area contributed by atoms with Crippen LogP contribution in [0.15, 0.2) is 24.3 Å². The molecular formula is C14H20F3NO3. The fourth-order valence-electron chi connectivity index (χ4n) is 1.68. The van der Waals surface area contributed by atoms with Gasteiger partial charge in [0.2, 0.25) is 0 Å². The van der Waals surface area contributed by atoms with Crippen molar-refractivity contribution in [1.82, 2.24) is 4.90 Å². The average Bonchev–Trinajstić information content (AvgIpc) is 2.42. The quantitative estimate of drug-likeness (QED) is 0.798. The Morgan fingerprint density at radius 2 is 1.86 bits per heavy atom. The minimum absolute atomic E-state index is 0.0166. The number of hydrogen-bond acceptors (Lipinski definition) is 4. The third-order valence-electron chi connectivity index (χ3n) is 2.82. The third-order valence-corrected chi connectivity index (χ3v) is 2.82. The minimum Gasteiger partial charge on any atom is -0.491 e. The molecule has 0 aliphatic heterocycles. The summed E-state index contributed by atoms with van der Waals surface area (Å²) in [4.78, 5) is 1.88. The minimum atomic E-state index is -4.36. The molecule has 1 aromatic rings. The lowest BCUT2D eigenvalue weighted by molar-refractivity contribution is -0.137. The summed E-state index contributed by atoms with van der Waals surface area (Å²) in [5.41, 5.74) is -0.727. The van der Waals surface area contributed by atoms with E-state index in [-0.39, 0.29) is 6.61 Å². The molecule has 0 unspecified atom stereocenters. The second-order valence-corrected chi connectivity index (χ2v) is 4.74. The van der Waals surface area contributed by atoms with E-state index in [0.29, 0.717) is 25.4 Å². The summed E-state index contributed by atoms with van der Waals surface area (Å²) in [5, 5.41) is 9.78. The van der Waals surface area contributed by atoms with Crippen molar-refractivity contribution in [3.63, 3.8) is 0 Å². The van der Waals surface area contributed by atoms with Crippen LogP contribution in [0.2, 0.25) is 0 Å². The van der Waals surface area contributed by atoms with Crippen molar-refractivity contribution >= 4 is 0 Å². The Balaban J connectivity index is 2.37. The number of likely N-dealkylation sites (N-methyl/N-ethyl adjacent to an activating group) is 1. The molecule has 0 radical (unpaired) electrons. The van der Waals surface area contributed by atoms with Crippen LogP contribution < -0.4 is 4.74 Å². The summed E-state index contributed by atoms with van der Waals surface area (Å²) in [6.45, 7) is 1.64. The Morgan fingerprint density at radius 1 is 1.24 bits per heavy atom. The molecule has 21 heavy (non-hydrogen) atoms. The predicted molar refractivity (Wildman–Crippen MR) is 72.3 cm³/mol. The van der Waals surface area contributed by atoms with Crippen molar-refractivity contribution in [2.24, 2.45) is 0 Å². The molecule has 0 bridgehead atoms. The highest BCUT2D eigenvalue weighted by atomic mass is 19.4. The van der Waals surface area contributed by atoms with E-state index < -0.39 is 17.8 Å². The summed E-state index contributed by atoms with van der Waals surface area (Å²) in [5.74, 6) is 0.293. The maximum absolute atomic E-state index is 12.4. The molecular weight excluding hydrogens is 287 g/mol.